The van der Waals surface area contributed by atoms with Crippen LogP contribution in [0.2, 0.25) is 5.02 Å². The molecule has 0 aliphatic rings. The number of anilines is 2. The van der Waals surface area contributed by atoms with Crippen molar-refractivity contribution in [1.29, 1.82) is 0 Å². The van der Waals surface area contributed by atoms with E-state index in [0.29, 0.717) is 10.8 Å². The molecule has 8 heteroatoms. The van der Waals surface area contributed by atoms with Gasteiger partial charge in [0.15, 0.2) is 0 Å². The number of likely N-dealkylation sites (N-methyl/N-ethyl adjacent to an activating group) is 1. The lowest BCUT2D eigenvalue weighted by Crippen LogP contribution is -2.43. The number of carbonyl (C=O) groups excluding carboxylic acids is 2. The van der Waals surface area contributed by atoms with Crippen molar-refractivity contribution in [2.24, 2.45) is 0 Å². The highest BCUT2D eigenvalue weighted by Gasteiger charge is 2.20. The van der Waals surface area contributed by atoms with Gasteiger partial charge in [-0.15, -0.1) is 0 Å². The molecule has 2 aromatic rings. The number of nitrogens with one attached hydrogen (secondary N) is 2. The van der Waals surface area contributed by atoms with Gasteiger partial charge in [-0.25, -0.2) is 4.98 Å². The summed E-state index contributed by atoms with van der Waals surface area (Å²) in [5.74, 6) is -0.0354. The van der Waals surface area contributed by atoms with Gasteiger partial charge < -0.3 is 10.6 Å². The van der Waals surface area contributed by atoms with Crippen LogP contribution in [0.4, 0.5) is 11.5 Å². The topological polar surface area (TPSA) is 74.3 Å². The summed E-state index contributed by atoms with van der Waals surface area (Å²) < 4.78 is 0.950. The fraction of sp³-hybridized carbons (Fsp3) is 0.278. The minimum absolute atomic E-state index is 0.0815. The van der Waals surface area contributed by atoms with E-state index in [9.17, 15) is 9.59 Å². The molecule has 26 heavy (non-hydrogen) atoms. The van der Waals surface area contributed by atoms with Crippen molar-refractivity contribution in [3.63, 3.8) is 0 Å². The van der Waals surface area contributed by atoms with Crippen molar-refractivity contribution in [3.05, 3.63) is 51.6 Å². The van der Waals surface area contributed by atoms with Crippen molar-refractivity contribution in [3.8, 4) is 0 Å². The monoisotopic (exact) mass is 438 g/mol. The predicted octanol–water partition coefficient (Wildman–Crippen LogP) is 3.70. The zero-order valence-corrected chi connectivity index (χ0v) is 17.1. The number of aryl methyl sites for hydroxylation is 1. The number of aromatic nitrogens is 1. The van der Waals surface area contributed by atoms with Crippen molar-refractivity contribution in [2.75, 3.05) is 24.2 Å². The fourth-order valence-corrected chi connectivity index (χ4v) is 2.79. The van der Waals surface area contributed by atoms with Crippen LogP contribution in [0.25, 0.3) is 0 Å². The summed E-state index contributed by atoms with van der Waals surface area (Å²) in [4.78, 5) is 30.3. The Morgan fingerprint density at radius 3 is 2.62 bits per heavy atom. The highest BCUT2D eigenvalue weighted by molar-refractivity contribution is 9.10. The van der Waals surface area contributed by atoms with Crippen molar-refractivity contribution < 1.29 is 9.59 Å². The Hall–Kier alpha value is -1.96. The third kappa shape index (κ3) is 5.79. The lowest BCUT2D eigenvalue weighted by atomic mass is 10.2. The van der Waals surface area contributed by atoms with Gasteiger partial charge in [0.05, 0.1) is 17.6 Å². The Kier molecular flexibility index (Phi) is 7.14. The Bertz CT molecular complexity index is 798. The minimum atomic E-state index is -0.510. The second kappa shape index (κ2) is 9.12. The molecule has 6 nitrogen and oxygen atoms in total. The van der Waals surface area contributed by atoms with Gasteiger partial charge in [-0.05, 0) is 56.8 Å². The molecular formula is C18H20BrClN4O2. The van der Waals surface area contributed by atoms with Crippen LogP contribution in [-0.2, 0) is 9.59 Å². The summed E-state index contributed by atoms with van der Waals surface area (Å²) in [5, 5.41) is 6.05. The number of pyridine rings is 1. The molecule has 138 valence electrons. The first-order valence-corrected chi connectivity index (χ1v) is 9.12. The zero-order chi connectivity index (χ0) is 19.3. The fourth-order valence-electron chi connectivity index (χ4n) is 2.20. The van der Waals surface area contributed by atoms with Crippen LogP contribution in [0.1, 0.15) is 12.5 Å². The van der Waals surface area contributed by atoms with E-state index in [2.05, 4.69) is 31.5 Å². The van der Waals surface area contributed by atoms with E-state index in [4.69, 9.17) is 11.6 Å². The standard InChI is InChI=1S/C18H20BrClN4O2/c1-11-8-13(19)4-6-15(11)22-17(25)10-24(3)12(2)18(26)23-16-7-5-14(20)9-21-16/h4-9,12H,10H2,1-3H3,(H,22,25)(H,21,23,26)/t12-/m1/s1. The largest absolute Gasteiger partial charge is 0.325 e. The predicted molar refractivity (Wildman–Crippen MR) is 107 cm³/mol. The van der Waals surface area contributed by atoms with Gasteiger partial charge in [-0.1, -0.05) is 27.5 Å². The van der Waals surface area contributed by atoms with Crippen molar-refractivity contribution >= 4 is 50.9 Å². The van der Waals surface area contributed by atoms with Crippen LogP contribution in [0.3, 0.4) is 0 Å². The number of halogens is 2. The van der Waals surface area contributed by atoms with Gasteiger partial charge in [0.2, 0.25) is 11.8 Å². The van der Waals surface area contributed by atoms with Gasteiger partial charge in [-0.3, -0.25) is 14.5 Å². The Labute approximate surface area is 166 Å². The molecule has 2 N–H and O–H groups in total. The Morgan fingerprint density at radius 1 is 1.27 bits per heavy atom. The molecular weight excluding hydrogens is 420 g/mol. The van der Waals surface area contributed by atoms with Gasteiger partial charge in [0.25, 0.3) is 0 Å². The SMILES string of the molecule is Cc1cc(Br)ccc1NC(=O)CN(C)[C@H](C)C(=O)Nc1ccc(Cl)cn1. The van der Waals surface area contributed by atoms with E-state index in [1.54, 1.807) is 31.0 Å². The molecule has 1 atom stereocenters. The second-order valence-electron chi connectivity index (χ2n) is 5.95. The van der Waals surface area contributed by atoms with Crippen molar-refractivity contribution in [2.45, 2.75) is 19.9 Å². The Balaban J connectivity index is 1.90. The molecule has 1 aromatic carbocycles. The second-order valence-corrected chi connectivity index (χ2v) is 7.30. The quantitative estimate of drug-likeness (QED) is 0.720. The first-order chi connectivity index (χ1) is 12.3. The maximum atomic E-state index is 12.3. The zero-order valence-electron chi connectivity index (χ0n) is 14.7. The normalized spacial score (nSPS) is 11.9. The van der Waals surface area contributed by atoms with Crippen LogP contribution in [-0.4, -0.2) is 41.3 Å². The molecule has 0 saturated heterocycles. The smallest absolute Gasteiger partial charge is 0.242 e. The third-order valence-corrected chi connectivity index (χ3v) is 4.59. The van der Waals surface area contributed by atoms with Crippen LogP contribution >= 0.6 is 27.5 Å². The molecule has 1 heterocycles. The molecule has 0 radical (unpaired) electrons. The van der Waals surface area contributed by atoms with Gasteiger partial charge in [-0.2, -0.15) is 0 Å². The summed E-state index contributed by atoms with van der Waals surface area (Å²) in [6.45, 7) is 3.72. The molecule has 0 unspecified atom stereocenters. The number of nitrogens with zero attached hydrogens (tertiary/aromatic N) is 2. The average Bonchev–Trinajstić information content (AvgIpc) is 2.58. The molecule has 2 amide bonds. The van der Waals surface area contributed by atoms with Gasteiger partial charge >= 0.3 is 0 Å². The van der Waals surface area contributed by atoms with Crippen LogP contribution < -0.4 is 10.6 Å². The first kappa shape index (κ1) is 20.4. The van der Waals surface area contributed by atoms with E-state index in [-0.39, 0.29) is 18.4 Å². The summed E-state index contributed by atoms with van der Waals surface area (Å²) in [5.41, 5.74) is 1.70. The summed E-state index contributed by atoms with van der Waals surface area (Å²) >= 11 is 9.17. The molecule has 0 saturated carbocycles. The summed E-state index contributed by atoms with van der Waals surface area (Å²) in [7, 11) is 1.72. The third-order valence-electron chi connectivity index (χ3n) is 3.87. The molecule has 0 fully saturated rings. The van der Waals surface area contributed by atoms with E-state index in [1.165, 1.54) is 6.20 Å². The van der Waals surface area contributed by atoms with E-state index in [1.807, 2.05) is 25.1 Å². The molecule has 0 aliphatic heterocycles. The number of carbonyl (C=O) groups is 2. The van der Waals surface area contributed by atoms with Crippen LogP contribution in [0, 0.1) is 6.92 Å². The molecule has 0 bridgehead atoms. The van der Waals surface area contributed by atoms with Crippen LogP contribution in [0.5, 0.6) is 0 Å². The van der Waals surface area contributed by atoms with Gasteiger partial charge in [0.1, 0.15) is 5.82 Å². The van der Waals surface area contributed by atoms with Crippen molar-refractivity contribution in [1.82, 2.24) is 9.88 Å². The molecule has 0 spiro atoms. The molecule has 2 rings (SSSR count). The number of benzene rings is 1. The molecule has 1 aromatic heterocycles. The van der Waals surface area contributed by atoms with Crippen LogP contribution in [0.15, 0.2) is 41.0 Å². The average molecular weight is 440 g/mol. The highest BCUT2D eigenvalue weighted by atomic mass is 79.9. The first-order valence-electron chi connectivity index (χ1n) is 7.95. The maximum Gasteiger partial charge on any atom is 0.242 e. The van der Waals surface area contributed by atoms with Gasteiger partial charge in [0, 0.05) is 16.4 Å². The number of rotatable bonds is 6. The Morgan fingerprint density at radius 2 is 2.00 bits per heavy atom. The van der Waals surface area contributed by atoms with E-state index >= 15 is 0 Å². The highest BCUT2D eigenvalue weighted by Crippen LogP contribution is 2.20. The van der Waals surface area contributed by atoms with E-state index in [0.717, 1.165) is 15.7 Å². The summed E-state index contributed by atoms with van der Waals surface area (Å²) in [6, 6.07) is 8.38. The summed E-state index contributed by atoms with van der Waals surface area (Å²) in [6.07, 6.45) is 1.46. The number of amides is 2. The lowest BCUT2D eigenvalue weighted by Gasteiger charge is -2.23. The number of hydrogen-bond acceptors (Lipinski definition) is 4. The maximum absolute atomic E-state index is 12.3. The van der Waals surface area contributed by atoms with E-state index < -0.39 is 6.04 Å². The number of hydrogen-bond donors (Lipinski definition) is 2. The minimum Gasteiger partial charge on any atom is -0.325 e. The lowest BCUT2D eigenvalue weighted by molar-refractivity contribution is -0.122. The molecule has 0 aliphatic carbocycles.